The van der Waals surface area contributed by atoms with Crippen LogP contribution in [0, 0.1) is 11.2 Å². The highest BCUT2D eigenvalue weighted by atomic mass is 19.1. The molecular formula is C13H14FN3O. The number of benzene rings is 1. The van der Waals surface area contributed by atoms with Gasteiger partial charge in [-0.3, -0.25) is 4.79 Å². The Kier molecular flexibility index (Phi) is 2.98. The van der Waals surface area contributed by atoms with E-state index in [1.54, 1.807) is 0 Å². The monoisotopic (exact) mass is 247 g/mol. The standard InChI is InChI=1S/C13H14FN3O/c1-13(2,3)12(18)10-5-4-9(14)8-11(10)17-15-6-7-16-17/h4-8H,1-3H3. The van der Waals surface area contributed by atoms with Gasteiger partial charge in [0, 0.05) is 17.0 Å². The molecule has 0 fully saturated rings. The third kappa shape index (κ3) is 2.30. The van der Waals surface area contributed by atoms with Crippen LogP contribution in [0.15, 0.2) is 30.6 Å². The molecule has 94 valence electrons. The van der Waals surface area contributed by atoms with Crippen molar-refractivity contribution in [1.29, 1.82) is 0 Å². The van der Waals surface area contributed by atoms with Gasteiger partial charge < -0.3 is 0 Å². The summed E-state index contributed by atoms with van der Waals surface area (Å²) in [6, 6.07) is 4.01. The summed E-state index contributed by atoms with van der Waals surface area (Å²) in [5.74, 6) is -0.498. The molecule has 0 aliphatic heterocycles. The number of carbonyl (C=O) groups excluding carboxylic acids is 1. The summed E-state index contributed by atoms with van der Waals surface area (Å²) >= 11 is 0. The number of ketones is 1. The lowest BCUT2D eigenvalue weighted by Gasteiger charge is -2.18. The van der Waals surface area contributed by atoms with Gasteiger partial charge >= 0.3 is 0 Å². The molecule has 0 atom stereocenters. The van der Waals surface area contributed by atoms with Crippen molar-refractivity contribution >= 4 is 5.78 Å². The van der Waals surface area contributed by atoms with Crippen LogP contribution < -0.4 is 0 Å². The molecule has 5 heteroatoms. The minimum absolute atomic E-state index is 0.0743. The van der Waals surface area contributed by atoms with Crippen LogP contribution in [0.1, 0.15) is 31.1 Å². The molecule has 0 amide bonds. The van der Waals surface area contributed by atoms with Crippen LogP contribution in [-0.4, -0.2) is 20.8 Å². The summed E-state index contributed by atoms with van der Waals surface area (Å²) in [7, 11) is 0. The summed E-state index contributed by atoms with van der Waals surface area (Å²) in [6.45, 7) is 5.46. The average molecular weight is 247 g/mol. The lowest BCUT2D eigenvalue weighted by Crippen LogP contribution is -2.22. The highest BCUT2D eigenvalue weighted by Crippen LogP contribution is 2.25. The van der Waals surface area contributed by atoms with Crippen LogP contribution in [-0.2, 0) is 0 Å². The Labute approximate surface area is 104 Å². The number of Topliss-reactive ketones (excluding diaryl/α,β-unsaturated/α-hetero) is 1. The second-order valence-electron chi connectivity index (χ2n) is 5.06. The van der Waals surface area contributed by atoms with Gasteiger partial charge in [0.05, 0.1) is 18.1 Å². The molecule has 1 aromatic carbocycles. The molecule has 0 aliphatic rings. The molecule has 18 heavy (non-hydrogen) atoms. The van der Waals surface area contributed by atoms with Crippen molar-refractivity contribution < 1.29 is 9.18 Å². The molecule has 0 bridgehead atoms. The van der Waals surface area contributed by atoms with Gasteiger partial charge in [-0.2, -0.15) is 15.0 Å². The van der Waals surface area contributed by atoms with E-state index in [-0.39, 0.29) is 5.78 Å². The zero-order valence-corrected chi connectivity index (χ0v) is 10.5. The normalized spacial score (nSPS) is 11.6. The molecule has 0 unspecified atom stereocenters. The van der Waals surface area contributed by atoms with Crippen molar-refractivity contribution in [2.45, 2.75) is 20.8 Å². The first-order chi connectivity index (χ1) is 8.39. The Bertz CT molecular complexity index is 570. The number of aromatic nitrogens is 3. The van der Waals surface area contributed by atoms with Gasteiger partial charge in [0.15, 0.2) is 5.78 Å². The largest absolute Gasteiger partial charge is 0.294 e. The van der Waals surface area contributed by atoms with E-state index in [0.29, 0.717) is 11.3 Å². The number of halogens is 1. The summed E-state index contributed by atoms with van der Waals surface area (Å²) in [5, 5.41) is 7.88. The highest BCUT2D eigenvalue weighted by molar-refractivity contribution is 6.02. The van der Waals surface area contributed by atoms with Crippen molar-refractivity contribution in [2.24, 2.45) is 5.41 Å². The molecular weight excluding hydrogens is 233 g/mol. The fraction of sp³-hybridized carbons (Fsp3) is 0.308. The van der Waals surface area contributed by atoms with Crippen LogP contribution in [0.2, 0.25) is 0 Å². The molecule has 0 N–H and O–H groups in total. The van der Waals surface area contributed by atoms with E-state index >= 15 is 0 Å². The summed E-state index contributed by atoms with van der Waals surface area (Å²) < 4.78 is 13.3. The minimum atomic E-state index is -0.542. The van der Waals surface area contributed by atoms with E-state index in [1.807, 2.05) is 20.8 Å². The predicted octanol–water partition coefficient (Wildman–Crippen LogP) is 2.64. The number of carbonyl (C=O) groups is 1. The van der Waals surface area contributed by atoms with Crippen LogP contribution >= 0.6 is 0 Å². The highest BCUT2D eigenvalue weighted by Gasteiger charge is 2.26. The summed E-state index contributed by atoms with van der Waals surface area (Å²) in [5.41, 5.74) is 0.236. The molecule has 1 aromatic heterocycles. The van der Waals surface area contributed by atoms with Gasteiger partial charge in [0.25, 0.3) is 0 Å². The van der Waals surface area contributed by atoms with Crippen LogP contribution in [0.25, 0.3) is 5.69 Å². The van der Waals surface area contributed by atoms with Gasteiger partial charge in [-0.15, -0.1) is 0 Å². The second-order valence-corrected chi connectivity index (χ2v) is 5.06. The van der Waals surface area contributed by atoms with E-state index in [0.717, 1.165) is 0 Å². The lowest BCUT2D eigenvalue weighted by molar-refractivity contribution is 0.0858. The predicted molar refractivity (Wildman–Crippen MR) is 65.1 cm³/mol. The smallest absolute Gasteiger partial charge is 0.170 e. The Morgan fingerprint density at radius 1 is 1.22 bits per heavy atom. The van der Waals surface area contributed by atoms with Crippen molar-refractivity contribution in [3.8, 4) is 5.69 Å². The number of hydrogen-bond donors (Lipinski definition) is 0. The molecule has 1 heterocycles. The summed E-state index contributed by atoms with van der Waals surface area (Å²) in [4.78, 5) is 13.6. The Morgan fingerprint density at radius 2 is 1.83 bits per heavy atom. The molecule has 2 aromatic rings. The SMILES string of the molecule is CC(C)(C)C(=O)c1ccc(F)cc1-n1nccn1. The Hall–Kier alpha value is -2.04. The lowest BCUT2D eigenvalue weighted by atomic mass is 9.86. The molecule has 0 spiro atoms. The van der Waals surface area contributed by atoms with E-state index in [1.165, 1.54) is 35.4 Å². The third-order valence-electron chi connectivity index (χ3n) is 2.52. The van der Waals surface area contributed by atoms with E-state index in [9.17, 15) is 9.18 Å². The molecule has 4 nitrogen and oxygen atoms in total. The van der Waals surface area contributed by atoms with E-state index in [4.69, 9.17) is 0 Å². The van der Waals surface area contributed by atoms with Crippen molar-refractivity contribution in [2.75, 3.05) is 0 Å². The maximum absolute atomic E-state index is 13.3. The molecule has 2 rings (SSSR count). The van der Waals surface area contributed by atoms with Crippen molar-refractivity contribution in [3.63, 3.8) is 0 Å². The number of nitrogens with zero attached hydrogens (tertiary/aromatic N) is 3. The first-order valence-corrected chi connectivity index (χ1v) is 5.60. The Balaban J connectivity index is 2.58. The molecule has 0 radical (unpaired) electrons. The number of rotatable bonds is 2. The zero-order chi connectivity index (χ0) is 13.3. The summed E-state index contributed by atoms with van der Waals surface area (Å²) in [6.07, 6.45) is 2.96. The fourth-order valence-corrected chi connectivity index (χ4v) is 1.61. The molecule has 0 aliphatic carbocycles. The third-order valence-corrected chi connectivity index (χ3v) is 2.52. The minimum Gasteiger partial charge on any atom is -0.294 e. The van der Waals surface area contributed by atoms with Gasteiger partial charge in [-0.05, 0) is 12.1 Å². The fourth-order valence-electron chi connectivity index (χ4n) is 1.61. The molecule has 0 saturated heterocycles. The first kappa shape index (κ1) is 12.4. The van der Waals surface area contributed by atoms with Crippen LogP contribution in [0.3, 0.4) is 0 Å². The second kappa shape index (κ2) is 4.33. The van der Waals surface area contributed by atoms with E-state index < -0.39 is 11.2 Å². The van der Waals surface area contributed by atoms with Gasteiger partial charge in [-0.25, -0.2) is 4.39 Å². The first-order valence-electron chi connectivity index (χ1n) is 5.60. The molecule has 0 saturated carbocycles. The van der Waals surface area contributed by atoms with Crippen LogP contribution in [0.4, 0.5) is 4.39 Å². The quantitative estimate of drug-likeness (QED) is 0.766. The van der Waals surface area contributed by atoms with Gasteiger partial charge in [0.2, 0.25) is 0 Å². The van der Waals surface area contributed by atoms with Crippen molar-refractivity contribution in [3.05, 3.63) is 42.0 Å². The van der Waals surface area contributed by atoms with Gasteiger partial charge in [-0.1, -0.05) is 20.8 Å². The maximum Gasteiger partial charge on any atom is 0.170 e. The van der Waals surface area contributed by atoms with E-state index in [2.05, 4.69) is 10.2 Å². The zero-order valence-electron chi connectivity index (χ0n) is 10.5. The average Bonchev–Trinajstić information content (AvgIpc) is 2.80. The number of hydrogen-bond acceptors (Lipinski definition) is 3. The maximum atomic E-state index is 13.3. The van der Waals surface area contributed by atoms with Gasteiger partial charge in [0.1, 0.15) is 5.82 Å². The topological polar surface area (TPSA) is 47.8 Å². The van der Waals surface area contributed by atoms with Crippen molar-refractivity contribution in [1.82, 2.24) is 15.0 Å². The Morgan fingerprint density at radius 3 is 2.39 bits per heavy atom. The van der Waals surface area contributed by atoms with Crippen LogP contribution in [0.5, 0.6) is 0 Å².